The average molecular weight is 277 g/mol. The van der Waals surface area contributed by atoms with Crippen LogP contribution in [0.2, 0.25) is 0 Å². The molecule has 0 saturated carbocycles. The summed E-state index contributed by atoms with van der Waals surface area (Å²) in [5.41, 5.74) is 1.36. The van der Waals surface area contributed by atoms with Gasteiger partial charge in [0.1, 0.15) is 0 Å². The second-order valence-electron chi connectivity index (χ2n) is 4.80. The second-order valence-corrected chi connectivity index (χ2v) is 5.97. The summed E-state index contributed by atoms with van der Waals surface area (Å²) in [6.45, 7) is 0. The van der Waals surface area contributed by atoms with Crippen molar-refractivity contribution in [2.45, 2.75) is 50.7 Å². The number of fused-ring (bicyclic) bond motifs is 1. The minimum absolute atomic E-state index is 0.124. The van der Waals surface area contributed by atoms with Crippen molar-refractivity contribution in [1.29, 1.82) is 0 Å². The highest BCUT2D eigenvalue weighted by atomic mass is 32.1. The Morgan fingerprint density at radius 1 is 1.33 bits per heavy atom. The van der Waals surface area contributed by atoms with Crippen LogP contribution in [0.25, 0.3) is 0 Å². The van der Waals surface area contributed by atoms with E-state index in [4.69, 9.17) is 0 Å². The van der Waals surface area contributed by atoms with Crippen molar-refractivity contribution < 1.29 is 13.2 Å². The van der Waals surface area contributed by atoms with Gasteiger partial charge < -0.3 is 5.32 Å². The molecule has 1 N–H and O–H groups in total. The summed E-state index contributed by atoms with van der Waals surface area (Å²) in [5, 5.41) is 3.01. The summed E-state index contributed by atoms with van der Waals surface area (Å²) in [7, 11) is 1.74. The van der Waals surface area contributed by atoms with Gasteiger partial charge in [-0.05, 0) is 50.8 Å². The Morgan fingerprint density at radius 3 is 2.67 bits per heavy atom. The van der Waals surface area contributed by atoms with Crippen LogP contribution >= 0.6 is 11.3 Å². The number of alkyl halides is 3. The standard InChI is InChI=1S/C13H18F3NS/c1-17-10(6-7-13(14,15)16)12-8-9-4-2-3-5-11(9)18-12/h8,10,17H,2-7H2,1H3. The van der Waals surface area contributed by atoms with Crippen molar-refractivity contribution in [3.63, 3.8) is 0 Å². The molecule has 0 fully saturated rings. The van der Waals surface area contributed by atoms with Gasteiger partial charge in [0.25, 0.3) is 0 Å². The van der Waals surface area contributed by atoms with E-state index in [2.05, 4.69) is 11.4 Å². The van der Waals surface area contributed by atoms with Crippen molar-refractivity contribution >= 4 is 11.3 Å². The van der Waals surface area contributed by atoms with Crippen LogP contribution < -0.4 is 5.32 Å². The minimum Gasteiger partial charge on any atom is -0.312 e. The van der Waals surface area contributed by atoms with Gasteiger partial charge in [-0.3, -0.25) is 0 Å². The maximum atomic E-state index is 12.3. The number of nitrogens with one attached hydrogen (secondary N) is 1. The molecular formula is C13H18F3NS. The van der Waals surface area contributed by atoms with Gasteiger partial charge in [-0.2, -0.15) is 13.2 Å². The van der Waals surface area contributed by atoms with Crippen LogP contribution in [-0.4, -0.2) is 13.2 Å². The summed E-state index contributed by atoms with van der Waals surface area (Å²) in [4.78, 5) is 2.44. The van der Waals surface area contributed by atoms with E-state index < -0.39 is 12.6 Å². The van der Waals surface area contributed by atoms with Crippen LogP contribution in [0.3, 0.4) is 0 Å². The first-order valence-electron chi connectivity index (χ1n) is 6.35. The smallest absolute Gasteiger partial charge is 0.312 e. The van der Waals surface area contributed by atoms with Crippen molar-refractivity contribution in [2.75, 3.05) is 7.05 Å². The molecule has 0 amide bonds. The predicted octanol–water partition coefficient (Wildman–Crippen LogP) is 4.23. The van der Waals surface area contributed by atoms with Crippen LogP contribution in [0, 0.1) is 0 Å². The molecule has 0 bridgehead atoms. The van der Waals surface area contributed by atoms with E-state index in [1.807, 2.05) is 0 Å². The highest BCUT2D eigenvalue weighted by Gasteiger charge is 2.29. The Kier molecular flexibility index (Phi) is 4.33. The third-order valence-corrected chi connectivity index (χ3v) is 4.77. The summed E-state index contributed by atoms with van der Waals surface area (Å²) in [6.07, 6.45) is -0.0701. The number of thiophene rings is 1. The summed E-state index contributed by atoms with van der Waals surface area (Å²) < 4.78 is 36.8. The van der Waals surface area contributed by atoms with Gasteiger partial charge in [-0.25, -0.2) is 0 Å². The maximum Gasteiger partial charge on any atom is 0.389 e. The van der Waals surface area contributed by atoms with Crippen molar-refractivity contribution in [1.82, 2.24) is 5.32 Å². The number of aryl methyl sites for hydroxylation is 2. The molecule has 0 saturated heterocycles. The quantitative estimate of drug-likeness (QED) is 0.868. The van der Waals surface area contributed by atoms with Crippen LogP contribution in [0.15, 0.2) is 6.07 Å². The predicted molar refractivity (Wildman–Crippen MR) is 68.1 cm³/mol. The Balaban J connectivity index is 2.05. The lowest BCUT2D eigenvalue weighted by Crippen LogP contribution is -2.18. The number of hydrogen-bond acceptors (Lipinski definition) is 2. The van der Waals surface area contributed by atoms with Crippen molar-refractivity contribution in [3.8, 4) is 0 Å². The first-order valence-corrected chi connectivity index (χ1v) is 7.17. The molecule has 0 aliphatic heterocycles. The summed E-state index contributed by atoms with van der Waals surface area (Å²) in [5.74, 6) is 0. The third kappa shape index (κ3) is 3.48. The van der Waals surface area contributed by atoms with Gasteiger partial charge >= 0.3 is 6.18 Å². The Bertz CT molecular complexity index is 374. The van der Waals surface area contributed by atoms with Gasteiger partial charge in [0.2, 0.25) is 0 Å². The molecule has 1 aliphatic rings. The Labute approximate surface area is 109 Å². The van der Waals surface area contributed by atoms with E-state index >= 15 is 0 Å². The molecule has 1 aromatic heterocycles. The summed E-state index contributed by atoms with van der Waals surface area (Å²) >= 11 is 1.69. The molecule has 1 aromatic rings. The molecule has 0 radical (unpaired) electrons. The molecule has 5 heteroatoms. The zero-order valence-electron chi connectivity index (χ0n) is 10.4. The zero-order valence-corrected chi connectivity index (χ0v) is 11.3. The molecule has 2 rings (SSSR count). The molecule has 102 valence electrons. The Morgan fingerprint density at radius 2 is 2.06 bits per heavy atom. The number of halogens is 3. The van der Waals surface area contributed by atoms with Crippen LogP contribution in [0.1, 0.15) is 47.0 Å². The number of hydrogen-bond donors (Lipinski definition) is 1. The lowest BCUT2D eigenvalue weighted by atomic mass is 9.98. The SMILES string of the molecule is CNC(CCC(F)(F)F)c1cc2c(s1)CCCC2. The molecule has 1 heterocycles. The first kappa shape index (κ1) is 13.9. The molecule has 1 unspecified atom stereocenters. The van der Waals surface area contributed by atoms with Gasteiger partial charge in [0.15, 0.2) is 0 Å². The highest BCUT2D eigenvalue weighted by Crippen LogP contribution is 2.35. The van der Waals surface area contributed by atoms with E-state index in [1.54, 1.807) is 18.4 Å². The van der Waals surface area contributed by atoms with E-state index in [0.717, 1.165) is 17.7 Å². The summed E-state index contributed by atoms with van der Waals surface area (Å²) in [6, 6.07) is 1.94. The fourth-order valence-corrected chi connectivity index (χ4v) is 3.82. The lowest BCUT2D eigenvalue weighted by molar-refractivity contribution is -0.136. The molecule has 1 aliphatic carbocycles. The van der Waals surface area contributed by atoms with Gasteiger partial charge in [-0.15, -0.1) is 11.3 Å². The topological polar surface area (TPSA) is 12.0 Å². The highest BCUT2D eigenvalue weighted by molar-refractivity contribution is 7.12. The third-order valence-electron chi connectivity index (χ3n) is 3.42. The van der Waals surface area contributed by atoms with E-state index in [-0.39, 0.29) is 12.5 Å². The fourth-order valence-electron chi connectivity index (χ4n) is 2.42. The lowest BCUT2D eigenvalue weighted by Gasteiger charge is -2.15. The van der Waals surface area contributed by atoms with E-state index in [0.29, 0.717) is 0 Å². The molecule has 1 atom stereocenters. The zero-order chi connectivity index (χ0) is 13.2. The molecule has 1 nitrogen and oxygen atoms in total. The normalized spacial score (nSPS) is 17.6. The minimum atomic E-state index is -4.06. The average Bonchev–Trinajstić information content (AvgIpc) is 2.71. The van der Waals surface area contributed by atoms with Crippen LogP contribution in [-0.2, 0) is 12.8 Å². The van der Waals surface area contributed by atoms with Crippen LogP contribution in [0.5, 0.6) is 0 Å². The largest absolute Gasteiger partial charge is 0.389 e. The first-order chi connectivity index (χ1) is 8.49. The van der Waals surface area contributed by atoms with Crippen molar-refractivity contribution in [3.05, 3.63) is 21.4 Å². The van der Waals surface area contributed by atoms with Crippen LogP contribution in [0.4, 0.5) is 13.2 Å². The van der Waals surface area contributed by atoms with E-state index in [9.17, 15) is 13.2 Å². The maximum absolute atomic E-state index is 12.3. The monoisotopic (exact) mass is 277 g/mol. The molecule has 18 heavy (non-hydrogen) atoms. The Hall–Kier alpha value is -0.550. The van der Waals surface area contributed by atoms with Gasteiger partial charge in [0.05, 0.1) is 0 Å². The van der Waals surface area contributed by atoms with Crippen molar-refractivity contribution in [2.24, 2.45) is 0 Å². The second kappa shape index (κ2) is 5.61. The van der Waals surface area contributed by atoms with E-state index in [1.165, 1.54) is 23.3 Å². The molecular weight excluding hydrogens is 259 g/mol. The number of rotatable bonds is 4. The fraction of sp³-hybridized carbons (Fsp3) is 0.692. The van der Waals surface area contributed by atoms with Gasteiger partial charge in [-0.1, -0.05) is 0 Å². The molecule has 0 spiro atoms. The van der Waals surface area contributed by atoms with Gasteiger partial charge in [0, 0.05) is 22.2 Å². The molecule has 0 aromatic carbocycles.